The zero-order valence-electron chi connectivity index (χ0n) is 10.7. The van der Waals surface area contributed by atoms with Crippen molar-refractivity contribution in [3.63, 3.8) is 0 Å². The molecule has 0 saturated heterocycles. The van der Waals surface area contributed by atoms with Crippen LogP contribution in [0.3, 0.4) is 0 Å². The Hall–Kier alpha value is -1.97. The minimum Gasteiger partial charge on any atom is -0.384 e. The van der Waals surface area contributed by atoms with Crippen molar-refractivity contribution in [2.45, 2.75) is 26.2 Å². The molecule has 2 rings (SSSR count). The monoisotopic (exact) mass is 245 g/mol. The summed E-state index contributed by atoms with van der Waals surface area (Å²) in [4.78, 5) is 8.73. The van der Waals surface area contributed by atoms with Gasteiger partial charge in [0.05, 0.1) is 5.69 Å². The molecule has 0 amide bonds. The maximum atomic E-state index is 12.9. The Kier molecular flexibility index (Phi) is 3.03. The maximum absolute atomic E-state index is 12.9. The van der Waals surface area contributed by atoms with Gasteiger partial charge in [0.25, 0.3) is 0 Å². The summed E-state index contributed by atoms with van der Waals surface area (Å²) in [7, 11) is 0. The van der Waals surface area contributed by atoms with Crippen molar-refractivity contribution in [2.24, 2.45) is 0 Å². The van der Waals surface area contributed by atoms with Gasteiger partial charge in [-0.1, -0.05) is 20.8 Å². The molecule has 18 heavy (non-hydrogen) atoms. The molecule has 1 heterocycles. The molecule has 4 heteroatoms. The second kappa shape index (κ2) is 4.37. The van der Waals surface area contributed by atoms with Crippen molar-refractivity contribution in [1.29, 1.82) is 0 Å². The van der Waals surface area contributed by atoms with Crippen LogP contribution in [0, 0.1) is 5.82 Å². The maximum Gasteiger partial charge on any atom is 0.136 e. The highest BCUT2D eigenvalue weighted by molar-refractivity contribution is 5.61. The Morgan fingerprint density at radius 3 is 2.22 bits per heavy atom. The quantitative estimate of drug-likeness (QED) is 0.839. The molecule has 0 saturated carbocycles. The number of benzene rings is 1. The molecule has 0 aliphatic heterocycles. The van der Waals surface area contributed by atoms with Gasteiger partial charge in [0.1, 0.15) is 17.5 Å². The molecule has 0 aliphatic rings. The summed E-state index contributed by atoms with van der Waals surface area (Å²) in [6, 6.07) is 7.88. The topological polar surface area (TPSA) is 51.8 Å². The molecule has 0 bridgehead atoms. The van der Waals surface area contributed by atoms with Crippen molar-refractivity contribution in [1.82, 2.24) is 9.97 Å². The van der Waals surface area contributed by atoms with Crippen LogP contribution in [-0.4, -0.2) is 9.97 Å². The predicted molar refractivity (Wildman–Crippen MR) is 70.5 cm³/mol. The molecule has 1 aromatic heterocycles. The van der Waals surface area contributed by atoms with Crippen LogP contribution >= 0.6 is 0 Å². The Morgan fingerprint density at radius 2 is 1.67 bits per heavy atom. The van der Waals surface area contributed by atoms with Crippen molar-refractivity contribution >= 4 is 5.82 Å². The first kappa shape index (κ1) is 12.5. The SMILES string of the molecule is CC(C)(C)c1nc(N)cc(-c2ccc(F)cc2)n1. The van der Waals surface area contributed by atoms with E-state index in [1.165, 1.54) is 12.1 Å². The minimum atomic E-state index is -0.267. The van der Waals surface area contributed by atoms with E-state index < -0.39 is 0 Å². The van der Waals surface area contributed by atoms with Crippen LogP contribution < -0.4 is 5.73 Å². The first-order valence-corrected chi connectivity index (χ1v) is 5.77. The highest BCUT2D eigenvalue weighted by atomic mass is 19.1. The van der Waals surface area contributed by atoms with E-state index in [1.807, 2.05) is 20.8 Å². The van der Waals surface area contributed by atoms with Crippen LogP contribution in [0.4, 0.5) is 10.2 Å². The number of rotatable bonds is 1. The molecule has 0 radical (unpaired) electrons. The van der Waals surface area contributed by atoms with Gasteiger partial charge >= 0.3 is 0 Å². The third-order valence-corrected chi connectivity index (χ3v) is 2.56. The number of nitrogen functional groups attached to an aromatic ring is 1. The summed E-state index contributed by atoms with van der Waals surface area (Å²) in [5.41, 5.74) is 7.17. The van der Waals surface area contributed by atoms with Gasteiger partial charge in [0.2, 0.25) is 0 Å². The Morgan fingerprint density at radius 1 is 1.06 bits per heavy atom. The lowest BCUT2D eigenvalue weighted by Crippen LogP contribution is -2.17. The van der Waals surface area contributed by atoms with E-state index in [0.717, 1.165) is 5.56 Å². The molecule has 0 aliphatic carbocycles. The number of halogens is 1. The molecule has 2 N–H and O–H groups in total. The van der Waals surface area contributed by atoms with Crippen LogP contribution in [0.15, 0.2) is 30.3 Å². The average Bonchev–Trinajstić information content (AvgIpc) is 2.28. The lowest BCUT2D eigenvalue weighted by Gasteiger charge is -2.17. The van der Waals surface area contributed by atoms with E-state index in [1.54, 1.807) is 18.2 Å². The predicted octanol–water partition coefficient (Wildman–Crippen LogP) is 3.16. The summed E-state index contributed by atoms with van der Waals surface area (Å²) >= 11 is 0. The number of nitrogens with zero attached hydrogens (tertiary/aromatic N) is 2. The summed E-state index contributed by atoms with van der Waals surface area (Å²) in [6.45, 7) is 6.07. The normalized spacial score (nSPS) is 11.6. The number of anilines is 1. The van der Waals surface area contributed by atoms with Gasteiger partial charge in [0.15, 0.2) is 0 Å². The summed E-state index contributed by atoms with van der Waals surface area (Å²) in [5.74, 6) is 0.841. The number of nitrogens with two attached hydrogens (primary N) is 1. The second-order valence-electron chi connectivity index (χ2n) is 5.26. The van der Waals surface area contributed by atoms with Crippen molar-refractivity contribution in [3.05, 3.63) is 42.0 Å². The molecular weight excluding hydrogens is 229 g/mol. The Balaban J connectivity index is 2.52. The van der Waals surface area contributed by atoms with Gasteiger partial charge in [-0.25, -0.2) is 14.4 Å². The summed E-state index contributed by atoms with van der Waals surface area (Å²) < 4.78 is 12.9. The fourth-order valence-electron chi connectivity index (χ4n) is 1.57. The molecular formula is C14H16FN3. The van der Waals surface area contributed by atoms with Crippen LogP contribution in [0.25, 0.3) is 11.3 Å². The van der Waals surface area contributed by atoms with Gasteiger partial charge in [0, 0.05) is 17.0 Å². The standard InChI is InChI=1S/C14H16FN3/c1-14(2,3)13-17-11(8-12(16)18-13)9-4-6-10(15)7-5-9/h4-8H,1-3H3,(H2,16,17,18). The molecule has 0 unspecified atom stereocenters. The lowest BCUT2D eigenvalue weighted by atomic mass is 9.95. The van der Waals surface area contributed by atoms with Crippen LogP contribution in [-0.2, 0) is 5.41 Å². The Bertz CT molecular complexity index is 556. The largest absolute Gasteiger partial charge is 0.384 e. The molecule has 1 aromatic carbocycles. The van der Waals surface area contributed by atoms with Crippen molar-refractivity contribution in [2.75, 3.05) is 5.73 Å². The lowest BCUT2D eigenvalue weighted by molar-refractivity contribution is 0.547. The van der Waals surface area contributed by atoms with E-state index in [9.17, 15) is 4.39 Å². The summed E-state index contributed by atoms with van der Waals surface area (Å²) in [5, 5.41) is 0. The van der Waals surface area contributed by atoms with Crippen LogP contribution in [0.5, 0.6) is 0 Å². The second-order valence-corrected chi connectivity index (χ2v) is 5.26. The van der Waals surface area contributed by atoms with Gasteiger partial charge in [-0.05, 0) is 24.3 Å². The zero-order valence-corrected chi connectivity index (χ0v) is 10.7. The first-order chi connectivity index (χ1) is 8.36. The third-order valence-electron chi connectivity index (χ3n) is 2.56. The molecule has 0 fully saturated rings. The van der Waals surface area contributed by atoms with Gasteiger partial charge in [-0.15, -0.1) is 0 Å². The van der Waals surface area contributed by atoms with E-state index >= 15 is 0 Å². The van der Waals surface area contributed by atoms with Crippen molar-refractivity contribution in [3.8, 4) is 11.3 Å². The molecule has 0 atom stereocenters. The van der Waals surface area contributed by atoms with E-state index in [2.05, 4.69) is 9.97 Å². The van der Waals surface area contributed by atoms with Gasteiger partial charge < -0.3 is 5.73 Å². The highest BCUT2D eigenvalue weighted by Crippen LogP contribution is 2.24. The van der Waals surface area contributed by atoms with Gasteiger partial charge in [-0.3, -0.25) is 0 Å². The average molecular weight is 245 g/mol. The Labute approximate surface area is 106 Å². The fourth-order valence-corrected chi connectivity index (χ4v) is 1.57. The highest BCUT2D eigenvalue weighted by Gasteiger charge is 2.18. The molecule has 2 aromatic rings. The number of hydrogen-bond donors (Lipinski definition) is 1. The fraction of sp³-hybridized carbons (Fsp3) is 0.286. The smallest absolute Gasteiger partial charge is 0.136 e. The van der Waals surface area contributed by atoms with E-state index in [-0.39, 0.29) is 11.2 Å². The van der Waals surface area contributed by atoms with Gasteiger partial charge in [-0.2, -0.15) is 0 Å². The van der Waals surface area contributed by atoms with Crippen LogP contribution in [0.2, 0.25) is 0 Å². The summed E-state index contributed by atoms with van der Waals surface area (Å²) in [6.07, 6.45) is 0. The van der Waals surface area contributed by atoms with Crippen LogP contribution in [0.1, 0.15) is 26.6 Å². The van der Waals surface area contributed by atoms with Crippen molar-refractivity contribution < 1.29 is 4.39 Å². The number of aromatic nitrogens is 2. The van der Waals surface area contributed by atoms with E-state index in [0.29, 0.717) is 17.3 Å². The van der Waals surface area contributed by atoms with E-state index in [4.69, 9.17) is 5.73 Å². The first-order valence-electron chi connectivity index (χ1n) is 5.77. The molecule has 3 nitrogen and oxygen atoms in total. The molecule has 94 valence electrons. The third kappa shape index (κ3) is 2.64. The number of hydrogen-bond acceptors (Lipinski definition) is 3. The minimum absolute atomic E-state index is 0.176. The zero-order chi connectivity index (χ0) is 13.3. The molecule has 0 spiro atoms.